The van der Waals surface area contributed by atoms with Crippen LogP contribution in [0.4, 0.5) is 0 Å². The maximum atomic E-state index is 12.6. The normalized spacial score (nSPS) is 53.5. The third-order valence-corrected chi connectivity index (χ3v) is 6.31. The van der Waals surface area contributed by atoms with Crippen molar-refractivity contribution in [2.24, 2.45) is 22.7 Å². The molecule has 4 nitrogen and oxygen atoms in total. The third kappa shape index (κ3) is 0.878. The second kappa shape index (κ2) is 2.86. The summed E-state index contributed by atoms with van der Waals surface area (Å²) in [4.78, 5) is 24.7. The zero-order valence-electron chi connectivity index (χ0n) is 11.4. The predicted octanol–water partition coefficient (Wildman–Crippen LogP) is 0.877. The van der Waals surface area contributed by atoms with Crippen molar-refractivity contribution in [2.75, 3.05) is 6.61 Å². The Morgan fingerprint density at radius 3 is 2.63 bits per heavy atom. The standard InChI is InChI=1S/C15H18O4/c1-13(2)11(17)8-4-7-5-10(16)9-6-19-15(8,12(13)18)14(7,9)3/h5,8-9,12,18H,4,6H2,1-3H3/t8-,9+,12-,14-,15+/m0/s1. The van der Waals surface area contributed by atoms with Gasteiger partial charge in [0.15, 0.2) is 5.78 Å². The average Bonchev–Trinajstić information content (AvgIpc) is 2.91. The van der Waals surface area contributed by atoms with Crippen LogP contribution in [0.5, 0.6) is 0 Å². The molecule has 4 rings (SSSR count). The first-order valence-electron chi connectivity index (χ1n) is 6.89. The van der Waals surface area contributed by atoms with Gasteiger partial charge in [-0.15, -0.1) is 0 Å². The van der Waals surface area contributed by atoms with Gasteiger partial charge in [-0.3, -0.25) is 9.59 Å². The van der Waals surface area contributed by atoms with Crippen molar-refractivity contribution < 1.29 is 19.4 Å². The third-order valence-electron chi connectivity index (χ3n) is 6.31. The number of Topliss-reactive ketones (excluding diaryl/α,β-unsaturated/α-hetero) is 1. The monoisotopic (exact) mass is 262 g/mol. The fourth-order valence-electron chi connectivity index (χ4n) is 5.14. The fraction of sp³-hybridized carbons (Fsp3) is 0.733. The molecule has 0 aromatic rings. The molecule has 0 aromatic carbocycles. The molecule has 0 unspecified atom stereocenters. The van der Waals surface area contributed by atoms with E-state index in [9.17, 15) is 14.7 Å². The Balaban J connectivity index is 1.99. The van der Waals surface area contributed by atoms with E-state index >= 15 is 0 Å². The number of hydrogen-bond donors (Lipinski definition) is 1. The lowest BCUT2D eigenvalue weighted by Gasteiger charge is -2.41. The van der Waals surface area contributed by atoms with Crippen molar-refractivity contribution in [1.82, 2.24) is 0 Å². The topological polar surface area (TPSA) is 63.6 Å². The van der Waals surface area contributed by atoms with Crippen molar-refractivity contribution >= 4 is 11.6 Å². The number of rotatable bonds is 0. The van der Waals surface area contributed by atoms with Crippen LogP contribution in [0.1, 0.15) is 27.2 Å². The predicted molar refractivity (Wildman–Crippen MR) is 66.3 cm³/mol. The molecule has 4 aliphatic rings. The highest BCUT2D eigenvalue weighted by atomic mass is 16.5. The minimum atomic E-state index is -0.879. The van der Waals surface area contributed by atoms with Gasteiger partial charge in [-0.05, 0) is 12.5 Å². The lowest BCUT2D eigenvalue weighted by Crippen LogP contribution is -2.53. The van der Waals surface area contributed by atoms with Gasteiger partial charge < -0.3 is 9.84 Å². The van der Waals surface area contributed by atoms with E-state index in [-0.39, 0.29) is 23.4 Å². The van der Waals surface area contributed by atoms with Gasteiger partial charge in [0.2, 0.25) is 0 Å². The number of aliphatic hydroxyl groups is 1. The molecule has 1 aliphatic heterocycles. The highest BCUT2D eigenvalue weighted by Gasteiger charge is 2.81. The Morgan fingerprint density at radius 2 is 1.95 bits per heavy atom. The molecule has 1 N–H and O–H groups in total. The molecule has 0 radical (unpaired) electrons. The van der Waals surface area contributed by atoms with E-state index in [1.807, 2.05) is 6.92 Å². The molecular weight excluding hydrogens is 244 g/mol. The molecule has 3 fully saturated rings. The Hall–Kier alpha value is -1.00. The molecule has 2 saturated carbocycles. The van der Waals surface area contributed by atoms with E-state index in [1.165, 1.54) is 0 Å². The lowest BCUT2D eigenvalue weighted by atomic mass is 9.66. The van der Waals surface area contributed by atoms with Crippen molar-refractivity contribution in [3.63, 3.8) is 0 Å². The van der Waals surface area contributed by atoms with Gasteiger partial charge in [-0.2, -0.15) is 0 Å². The zero-order valence-corrected chi connectivity index (χ0v) is 11.4. The SMILES string of the molecule is CC1(C)C(=O)[C@@H]2CC3=CC(=O)[C@H]4CO[C@]2([C@H]1O)[C@@]34C. The number of ether oxygens (including phenoxy) is 1. The Bertz CT molecular complexity index is 560. The van der Waals surface area contributed by atoms with Gasteiger partial charge in [0, 0.05) is 5.41 Å². The summed E-state index contributed by atoms with van der Waals surface area (Å²) in [6.07, 6.45) is 1.42. The summed E-state index contributed by atoms with van der Waals surface area (Å²) < 4.78 is 5.98. The van der Waals surface area contributed by atoms with Crippen LogP contribution in [0.25, 0.3) is 0 Å². The van der Waals surface area contributed by atoms with Crippen molar-refractivity contribution in [2.45, 2.75) is 38.9 Å². The van der Waals surface area contributed by atoms with Crippen molar-refractivity contribution in [3.05, 3.63) is 11.6 Å². The van der Waals surface area contributed by atoms with E-state index in [1.54, 1.807) is 19.9 Å². The summed E-state index contributed by atoms with van der Waals surface area (Å²) in [6, 6.07) is 0. The maximum Gasteiger partial charge on any atom is 0.162 e. The zero-order chi connectivity index (χ0) is 13.8. The molecular formula is C15H18O4. The van der Waals surface area contributed by atoms with E-state index in [4.69, 9.17) is 4.74 Å². The van der Waals surface area contributed by atoms with Crippen molar-refractivity contribution in [3.8, 4) is 0 Å². The summed E-state index contributed by atoms with van der Waals surface area (Å²) in [5, 5.41) is 10.8. The largest absolute Gasteiger partial charge is 0.389 e. The Kier molecular flexibility index (Phi) is 1.78. The molecule has 1 heterocycles. The molecule has 0 aromatic heterocycles. The second-order valence-corrected chi connectivity index (χ2v) is 7.18. The van der Waals surface area contributed by atoms with Gasteiger partial charge in [0.05, 0.1) is 30.0 Å². The summed E-state index contributed by atoms with van der Waals surface area (Å²) in [7, 11) is 0. The molecule has 19 heavy (non-hydrogen) atoms. The van der Waals surface area contributed by atoms with Crippen LogP contribution in [-0.4, -0.2) is 35.0 Å². The average molecular weight is 262 g/mol. The van der Waals surface area contributed by atoms with Crippen LogP contribution in [0.2, 0.25) is 0 Å². The number of allylic oxidation sites excluding steroid dienone is 1. The van der Waals surface area contributed by atoms with Crippen LogP contribution in [0.3, 0.4) is 0 Å². The highest BCUT2D eigenvalue weighted by Crippen LogP contribution is 2.71. The van der Waals surface area contributed by atoms with E-state index in [0.29, 0.717) is 13.0 Å². The molecule has 5 atom stereocenters. The molecule has 3 aliphatic carbocycles. The minimum absolute atomic E-state index is 0.0737. The Labute approximate surface area is 111 Å². The summed E-state index contributed by atoms with van der Waals surface area (Å²) in [5.41, 5.74) is -1.15. The van der Waals surface area contributed by atoms with Crippen LogP contribution in [-0.2, 0) is 14.3 Å². The van der Waals surface area contributed by atoms with Gasteiger partial charge in [-0.25, -0.2) is 0 Å². The van der Waals surface area contributed by atoms with E-state index in [0.717, 1.165) is 5.57 Å². The Morgan fingerprint density at radius 1 is 1.26 bits per heavy atom. The molecule has 4 heteroatoms. The first-order valence-corrected chi connectivity index (χ1v) is 6.89. The molecule has 0 amide bonds. The molecule has 0 bridgehead atoms. The summed E-state index contributed by atoms with van der Waals surface area (Å²) in [5.74, 6) is -0.350. The number of ketones is 2. The first kappa shape index (κ1) is 11.8. The fourth-order valence-corrected chi connectivity index (χ4v) is 5.14. The number of aliphatic hydroxyl groups excluding tert-OH is 1. The molecule has 1 saturated heterocycles. The van der Waals surface area contributed by atoms with Crippen LogP contribution in [0.15, 0.2) is 11.6 Å². The number of carbonyl (C=O) groups is 2. The van der Waals surface area contributed by atoms with Crippen molar-refractivity contribution in [1.29, 1.82) is 0 Å². The minimum Gasteiger partial charge on any atom is -0.389 e. The van der Waals surface area contributed by atoms with Gasteiger partial charge in [0.25, 0.3) is 0 Å². The number of carbonyl (C=O) groups excluding carboxylic acids is 2. The second-order valence-electron chi connectivity index (χ2n) is 7.18. The maximum absolute atomic E-state index is 12.6. The summed E-state index contributed by atoms with van der Waals surface area (Å²) in [6.45, 7) is 5.89. The van der Waals surface area contributed by atoms with E-state index < -0.39 is 22.5 Å². The van der Waals surface area contributed by atoms with Crippen LogP contribution < -0.4 is 0 Å². The van der Waals surface area contributed by atoms with Gasteiger partial charge >= 0.3 is 0 Å². The first-order chi connectivity index (χ1) is 8.78. The quantitative estimate of drug-likeness (QED) is 0.704. The van der Waals surface area contributed by atoms with Crippen LogP contribution >= 0.6 is 0 Å². The number of hydrogen-bond acceptors (Lipinski definition) is 4. The molecule has 1 spiro atoms. The molecule has 102 valence electrons. The van der Waals surface area contributed by atoms with E-state index in [2.05, 4.69) is 0 Å². The van der Waals surface area contributed by atoms with Gasteiger partial charge in [-0.1, -0.05) is 26.3 Å². The summed E-state index contributed by atoms with van der Waals surface area (Å²) >= 11 is 0. The van der Waals surface area contributed by atoms with Crippen LogP contribution in [0, 0.1) is 22.7 Å². The lowest BCUT2D eigenvalue weighted by molar-refractivity contribution is -0.139. The van der Waals surface area contributed by atoms with Gasteiger partial charge in [0.1, 0.15) is 11.4 Å². The smallest absolute Gasteiger partial charge is 0.162 e. The highest BCUT2D eigenvalue weighted by molar-refractivity contribution is 6.01.